The molecule has 94 valence electrons. The van der Waals surface area contributed by atoms with Gasteiger partial charge in [0, 0.05) is 6.07 Å². The topological polar surface area (TPSA) is 21.3 Å². The fraction of sp³-hybridized carbons (Fsp3) is 0.538. The van der Waals surface area contributed by atoms with Crippen molar-refractivity contribution < 1.29 is 13.5 Å². The molecule has 1 aliphatic heterocycles. The van der Waals surface area contributed by atoms with Crippen LogP contribution in [0.1, 0.15) is 29.7 Å². The molecule has 1 aromatic carbocycles. The van der Waals surface area contributed by atoms with E-state index >= 15 is 0 Å². The Morgan fingerprint density at radius 1 is 1.41 bits per heavy atom. The quantitative estimate of drug-likeness (QED) is 0.859. The highest BCUT2D eigenvalue weighted by atomic mass is 19.1. The van der Waals surface area contributed by atoms with E-state index in [0.29, 0.717) is 30.8 Å². The maximum atomic E-state index is 13.8. The van der Waals surface area contributed by atoms with Gasteiger partial charge in [-0.25, -0.2) is 8.78 Å². The highest BCUT2D eigenvalue weighted by molar-refractivity contribution is 5.40. The van der Waals surface area contributed by atoms with E-state index in [1.165, 1.54) is 0 Å². The maximum Gasteiger partial charge on any atom is 0.129 e. The third-order valence-corrected chi connectivity index (χ3v) is 3.21. The van der Waals surface area contributed by atoms with Crippen LogP contribution >= 0.6 is 0 Å². The molecule has 4 heteroatoms. The molecule has 0 aromatic heterocycles. The summed E-state index contributed by atoms with van der Waals surface area (Å²) in [4.78, 5) is 0. The van der Waals surface area contributed by atoms with Crippen LogP contribution in [0.25, 0.3) is 0 Å². The monoisotopic (exact) mass is 241 g/mol. The average Bonchev–Trinajstić information content (AvgIpc) is 2.50. The Kier molecular flexibility index (Phi) is 3.74. The summed E-state index contributed by atoms with van der Waals surface area (Å²) in [6, 6.07) is 0.852. The molecule has 0 radical (unpaired) electrons. The Morgan fingerprint density at radius 3 is 2.88 bits per heavy atom. The van der Waals surface area contributed by atoms with Crippen molar-refractivity contribution in [3.63, 3.8) is 0 Å². The van der Waals surface area contributed by atoms with Crippen LogP contribution in [0.15, 0.2) is 6.07 Å². The minimum absolute atomic E-state index is 0.122. The van der Waals surface area contributed by atoms with Crippen LogP contribution in [0, 0.1) is 18.6 Å². The molecular formula is C13H17F2NO. The smallest absolute Gasteiger partial charge is 0.129 e. The predicted molar refractivity (Wildman–Crippen MR) is 62.0 cm³/mol. The van der Waals surface area contributed by atoms with Crippen molar-refractivity contribution in [3.05, 3.63) is 34.4 Å². The highest BCUT2D eigenvalue weighted by Gasteiger charge is 2.24. The first-order chi connectivity index (χ1) is 8.15. The van der Waals surface area contributed by atoms with E-state index in [4.69, 9.17) is 4.74 Å². The molecule has 1 heterocycles. The van der Waals surface area contributed by atoms with Gasteiger partial charge in [0.1, 0.15) is 11.6 Å². The molecule has 2 rings (SSSR count). The van der Waals surface area contributed by atoms with Gasteiger partial charge in [-0.15, -0.1) is 0 Å². The van der Waals surface area contributed by atoms with E-state index < -0.39 is 11.6 Å². The first-order valence-electron chi connectivity index (χ1n) is 5.93. The number of halogens is 2. The molecule has 0 saturated heterocycles. The Bertz CT molecular complexity index is 420. The zero-order chi connectivity index (χ0) is 12.4. The van der Waals surface area contributed by atoms with E-state index in [0.717, 1.165) is 18.2 Å². The van der Waals surface area contributed by atoms with Crippen molar-refractivity contribution >= 4 is 0 Å². The van der Waals surface area contributed by atoms with Gasteiger partial charge >= 0.3 is 0 Å². The van der Waals surface area contributed by atoms with Gasteiger partial charge in [-0.05, 0) is 36.6 Å². The van der Waals surface area contributed by atoms with Crippen molar-refractivity contribution in [1.29, 1.82) is 0 Å². The van der Waals surface area contributed by atoms with Gasteiger partial charge in [-0.1, -0.05) is 6.92 Å². The zero-order valence-electron chi connectivity index (χ0n) is 10.1. The number of benzene rings is 1. The minimum Gasteiger partial charge on any atom is -0.379 e. The largest absolute Gasteiger partial charge is 0.379 e. The van der Waals surface area contributed by atoms with Gasteiger partial charge in [0.25, 0.3) is 0 Å². The van der Waals surface area contributed by atoms with Gasteiger partial charge in [0.2, 0.25) is 0 Å². The number of rotatable bonds is 2. The molecule has 0 amide bonds. The second-order valence-electron chi connectivity index (χ2n) is 4.29. The first kappa shape index (κ1) is 12.5. The summed E-state index contributed by atoms with van der Waals surface area (Å²) in [5, 5.41) is 3.22. The molecule has 0 spiro atoms. The Balaban J connectivity index is 2.54. The fourth-order valence-corrected chi connectivity index (χ4v) is 2.38. The number of nitrogens with one attached hydrogen (secondary N) is 1. The highest BCUT2D eigenvalue weighted by Crippen LogP contribution is 2.29. The molecule has 2 nitrogen and oxygen atoms in total. The summed E-state index contributed by atoms with van der Waals surface area (Å²) in [5.74, 6) is -0.942. The lowest BCUT2D eigenvalue weighted by atomic mass is 9.93. The molecule has 1 aliphatic rings. The van der Waals surface area contributed by atoms with E-state index in [-0.39, 0.29) is 6.04 Å². The number of hydrogen-bond acceptors (Lipinski definition) is 2. The second kappa shape index (κ2) is 5.10. The van der Waals surface area contributed by atoms with E-state index in [1.807, 2.05) is 6.92 Å². The summed E-state index contributed by atoms with van der Waals surface area (Å²) in [5.41, 5.74) is 1.85. The lowest BCUT2D eigenvalue weighted by Gasteiger charge is -2.21. The van der Waals surface area contributed by atoms with Gasteiger partial charge < -0.3 is 10.1 Å². The Hall–Kier alpha value is -1.00. The molecule has 0 saturated carbocycles. The fourth-order valence-electron chi connectivity index (χ4n) is 2.38. The second-order valence-corrected chi connectivity index (χ2v) is 4.29. The third-order valence-electron chi connectivity index (χ3n) is 3.21. The van der Waals surface area contributed by atoms with Crippen molar-refractivity contribution in [3.8, 4) is 0 Å². The number of ether oxygens (including phenoxy) is 1. The van der Waals surface area contributed by atoms with Gasteiger partial charge in [0.15, 0.2) is 0 Å². The molecule has 1 atom stereocenters. The SMILES string of the molecule is CCNC1COCCc2c(F)cc(F)c(C)c21. The van der Waals surface area contributed by atoms with E-state index in [9.17, 15) is 8.78 Å². The third kappa shape index (κ3) is 2.33. The summed E-state index contributed by atoms with van der Waals surface area (Å²) in [6.45, 7) is 5.35. The number of fused-ring (bicyclic) bond motifs is 1. The van der Waals surface area contributed by atoms with Crippen molar-refractivity contribution in [1.82, 2.24) is 5.32 Å². The maximum absolute atomic E-state index is 13.8. The standard InChI is InChI=1S/C13H17F2NO/c1-3-16-12-7-17-5-4-9-11(15)6-10(14)8(2)13(9)12/h6,12,16H,3-5,7H2,1-2H3. The molecule has 1 aromatic rings. The summed E-state index contributed by atoms with van der Waals surface area (Å²) >= 11 is 0. The lowest BCUT2D eigenvalue weighted by Crippen LogP contribution is -2.26. The van der Waals surface area contributed by atoms with Crippen molar-refractivity contribution in [2.75, 3.05) is 19.8 Å². The van der Waals surface area contributed by atoms with Gasteiger partial charge in [0.05, 0.1) is 19.3 Å². The number of hydrogen-bond donors (Lipinski definition) is 1. The molecule has 17 heavy (non-hydrogen) atoms. The summed E-state index contributed by atoms with van der Waals surface area (Å²) in [7, 11) is 0. The van der Waals surface area contributed by atoms with Gasteiger partial charge in [-0.3, -0.25) is 0 Å². The minimum atomic E-state index is -0.481. The van der Waals surface area contributed by atoms with Crippen molar-refractivity contribution in [2.45, 2.75) is 26.3 Å². The molecule has 1 N–H and O–H groups in total. The van der Waals surface area contributed by atoms with Crippen LogP contribution in [-0.2, 0) is 11.2 Å². The molecule has 0 bridgehead atoms. The van der Waals surface area contributed by atoms with Crippen molar-refractivity contribution in [2.24, 2.45) is 0 Å². The van der Waals surface area contributed by atoms with Crippen LogP contribution in [-0.4, -0.2) is 19.8 Å². The van der Waals surface area contributed by atoms with Crippen LogP contribution in [0.3, 0.4) is 0 Å². The normalized spacial score (nSPS) is 19.9. The first-order valence-corrected chi connectivity index (χ1v) is 5.93. The van der Waals surface area contributed by atoms with Crippen LogP contribution in [0.5, 0.6) is 0 Å². The predicted octanol–water partition coefficient (Wildman–Crippen LogP) is 2.50. The molecule has 0 aliphatic carbocycles. The van der Waals surface area contributed by atoms with Crippen LogP contribution in [0.4, 0.5) is 8.78 Å². The van der Waals surface area contributed by atoms with E-state index in [2.05, 4.69) is 5.32 Å². The number of likely N-dealkylation sites (N-methyl/N-ethyl adjacent to an activating group) is 1. The average molecular weight is 241 g/mol. The van der Waals surface area contributed by atoms with E-state index in [1.54, 1.807) is 6.92 Å². The van der Waals surface area contributed by atoms with Gasteiger partial charge in [-0.2, -0.15) is 0 Å². The van der Waals surface area contributed by atoms with Crippen LogP contribution in [0.2, 0.25) is 0 Å². The Labute approximate surface area is 100.0 Å². The van der Waals surface area contributed by atoms with Crippen LogP contribution < -0.4 is 5.32 Å². The summed E-state index contributed by atoms with van der Waals surface area (Å²) < 4.78 is 32.8. The Morgan fingerprint density at radius 2 is 2.18 bits per heavy atom. The lowest BCUT2D eigenvalue weighted by molar-refractivity contribution is 0.122. The molecule has 0 fully saturated rings. The summed E-state index contributed by atoms with van der Waals surface area (Å²) in [6.07, 6.45) is 0.504. The molecular weight excluding hydrogens is 224 g/mol. The zero-order valence-corrected chi connectivity index (χ0v) is 10.1. The molecule has 1 unspecified atom stereocenters.